The highest BCUT2D eigenvalue weighted by atomic mass is 32.1. The van der Waals surface area contributed by atoms with Crippen molar-refractivity contribution in [1.29, 1.82) is 0 Å². The Morgan fingerprint density at radius 2 is 1.84 bits per heavy atom. The van der Waals surface area contributed by atoms with E-state index in [-0.39, 0.29) is 5.91 Å². The molecule has 4 nitrogen and oxygen atoms in total. The molecule has 0 aliphatic heterocycles. The zero-order valence-corrected chi connectivity index (χ0v) is 11.8. The third kappa shape index (κ3) is 2.88. The number of carbonyl (C=O) groups is 1. The second-order valence-electron chi connectivity index (χ2n) is 3.97. The standard InChI is InChI=1S/C14H15NO3S/c1-9-12(17-2)6-10(7-13(9)18-3)14(16)15-11-4-5-19-8-11/h4-8H,1-3H3,(H,15,16). The van der Waals surface area contributed by atoms with Crippen LogP contribution in [0.2, 0.25) is 0 Å². The van der Waals surface area contributed by atoms with Crippen LogP contribution in [0.3, 0.4) is 0 Å². The molecule has 0 saturated heterocycles. The minimum atomic E-state index is -0.185. The molecule has 2 aromatic rings. The van der Waals surface area contributed by atoms with Gasteiger partial charge in [-0.15, -0.1) is 0 Å². The van der Waals surface area contributed by atoms with Gasteiger partial charge in [0.1, 0.15) is 11.5 Å². The van der Waals surface area contributed by atoms with Gasteiger partial charge in [0.15, 0.2) is 0 Å². The molecule has 19 heavy (non-hydrogen) atoms. The first-order valence-corrected chi connectivity index (χ1v) is 6.66. The maximum absolute atomic E-state index is 12.1. The molecule has 0 radical (unpaired) electrons. The van der Waals surface area contributed by atoms with Crippen LogP contribution in [-0.2, 0) is 0 Å². The predicted molar refractivity (Wildman–Crippen MR) is 76.6 cm³/mol. The van der Waals surface area contributed by atoms with E-state index in [1.165, 1.54) is 11.3 Å². The number of ether oxygens (including phenoxy) is 2. The third-order valence-electron chi connectivity index (χ3n) is 2.79. The van der Waals surface area contributed by atoms with Gasteiger partial charge in [0.2, 0.25) is 0 Å². The molecule has 0 bridgehead atoms. The van der Waals surface area contributed by atoms with Crippen molar-refractivity contribution in [3.8, 4) is 11.5 Å². The summed E-state index contributed by atoms with van der Waals surface area (Å²) in [5, 5.41) is 6.60. The van der Waals surface area contributed by atoms with Gasteiger partial charge in [0.05, 0.1) is 19.9 Å². The molecule has 5 heteroatoms. The molecule has 0 fully saturated rings. The molecule has 1 N–H and O–H groups in total. The number of nitrogens with one attached hydrogen (secondary N) is 1. The van der Waals surface area contributed by atoms with Crippen molar-refractivity contribution < 1.29 is 14.3 Å². The highest BCUT2D eigenvalue weighted by Gasteiger charge is 2.13. The molecule has 1 aromatic carbocycles. The number of hydrogen-bond donors (Lipinski definition) is 1. The largest absolute Gasteiger partial charge is 0.496 e. The predicted octanol–water partition coefficient (Wildman–Crippen LogP) is 3.33. The van der Waals surface area contributed by atoms with E-state index in [0.717, 1.165) is 11.3 Å². The molecule has 1 aromatic heterocycles. The van der Waals surface area contributed by atoms with Gasteiger partial charge in [-0.25, -0.2) is 0 Å². The summed E-state index contributed by atoms with van der Waals surface area (Å²) in [5.74, 6) is 1.08. The molecule has 0 atom stereocenters. The fraction of sp³-hybridized carbons (Fsp3) is 0.214. The quantitative estimate of drug-likeness (QED) is 0.932. The van der Waals surface area contributed by atoms with Crippen LogP contribution in [0.1, 0.15) is 15.9 Å². The summed E-state index contributed by atoms with van der Waals surface area (Å²) >= 11 is 1.53. The van der Waals surface area contributed by atoms with E-state index in [2.05, 4.69) is 5.32 Å². The summed E-state index contributed by atoms with van der Waals surface area (Å²) < 4.78 is 10.5. The summed E-state index contributed by atoms with van der Waals surface area (Å²) in [6.45, 7) is 1.89. The molecule has 0 saturated carbocycles. The number of hydrogen-bond acceptors (Lipinski definition) is 4. The van der Waals surface area contributed by atoms with E-state index in [0.29, 0.717) is 17.1 Å². The molecule has 0 spiro atoms. The Balaban J connectivity index is 2.31. The SMILES string of the molecule is COc1cc(C(=O)Nc2ccsc2)cc(OC)c1C. The summed E-state index contributed by atoms with van der Waals surface area (Å²) in [4.78, 5) is 12.1. The van der Waals surface area contributed by atoms with Gasteiger partial charge >= 0.3 is 0 Å². The molecule has 1 heterocycles. The van der Waals surface area contributed by atoms with Crippen LogP contribution < -0.4 is 14.8 Å². The molecule has 0 aliphatic rings. The number of rotatable bonds is 4. The van der Waals surface area contributed by atoms with Crippen LogP contribution in [0.15, 0.2) is 29.0 Å². The summed E-state index contributed by atoms with van der Waals surface area (Å²) in [6, 6.07) is 5.27. The second-order valence-corrected chi connectivity index (χ2v) is 4.75. The average Bonchev–Trinajstić information content (AvgIpc) is 2.91. The Labute approximate surface area is 116 Å². The Morgan fingerprint density at radius 1 is 1.21 bits per heavy atom. The highest BCUT2D eigenvalue weighted by Crippen LogP contribution is 2.29. The molecule has 0 unspecified atom stereocenters. The fourth-order valence-corrected chi connectivity index (χ4v) is 2.34. The van der Waals surface area contributed by atoms with Crippen molar-refractivity contribution in [2.45, 2.75) is 6.92 Å². The van der Waals surface area contributed by atoms with Crippen LogP contribution in [0, 0.1) is 6.92 Å². The van der Waals surface area contributed by atoms with Crippen LogP contribution >= 0.6 is 11.3 Å². The third-order valence-corrected chi connectivity index (χ3v) is 3.48. The van der Waals surface area contributed by atoms with Crippen molar-refractivity contribution in [2.24, 2.45) is 0 Å². The number of benzene rings is 1. The number of carbonyl (C=O) groups excluding carboxylic acids is 1. The zero-order valence-electron chi connectivity index (χ0n) is 11.0. The number of amides is 1. The second kappa shape index (κ2) is 5.75. The molecule has 2 rings (SSSR count). The van der Waals surface area contributed by atoms with Gasteiger partial charge in [0.25, 0.3) is 5.91 Å². The van der Waals surface area contributed by atoms with Gasteiger partial charge in [-0.2, -0.15) is 11.3 Å². The zero-order chi connectivity index (χ0) is 13.8. The van der Waals surface area contributed by atoms with E-state index in [9.17, 15) is 4.79 Å². The van der Waals surface area contributed by atoms with Crippen LogP contribution in [0.25, 0.3) is 0 Å². The Kier molecular flexibility index (Phi) is 4.06. The van der Waals surface area contributed by atoms with Crippen molar-refractivity contribution in [2.75, 3.05) is 19.5 Å². The van der Waals surface area contributed by atoms with Crippen LogP contribution in [0.5, 0.6) is 11.5 Å². The van der Waals surface area contributed by atoms with Gasteiger partial charge < -0.3 is 14.8 Å². The summed E-state index contributed by atoms with van der Waals surface area (Å²) in [6.07, 6.45) is 0. The summed E-state index contributed by atoms with van der Waals surface area (Å²) in [7, 11) is 3.14. The van der Waals surface area contributed by atoms with E-state index in [1.807, 2.05) is 23.8 Å². The van der Waals surface area contributed by atoms with E-state index < -0.39 is 0 Å². The lowest BCUT2D eigenvalue weighted by Gasteiger charge is -2.12. The molecule has 1 amide bonds. The fourth-order valence-electron chi connectivity index (χ4n) is 1.76. The van der Waals surface area contributed by atoms with Crippen molar-refractivity contribution in [3.05, 3.63) is 40.1 Å². The first-order valence-electron chi connectivity index (χ1n) is 5.72. The van der Waals surface area contributed by atoms with E-state index in [4.69, 9.17) is 9.47 Å². The lowest BCUT2D eigenvalue weighted by Crippen LogP contribution is -2.12. The average molecular weight is 277 g/mol. The first kappa shape index (κ1) is 13.4. The maximum atomic E-state index is 12.1. The Hall–Kier alpha value is -2.01. The normalized spacial score (nSPS) is 10.1. The van der Waals surface area contributed by atoms with Gasteiger partial charge in [-0.1, -0.05) is 0 Å². The Morgan fingerprint density at radius 3 is 2.32 bits per heavy atom. The van der Waals surface area contributed by atoms with Crippen molar-refractivity contribution >= 4 is 22.9 Å². The monoisotopic (exact) mass is 277 g/mol. The smallest absolute Gasteiger partial charge is 0.255 e. The Bertz CT molecular complexity index is 553. The maximum Gasteiger partial charge on any atom is 0.255 e. The summed E-state index contributed by atoms with van der Waals surface area (Å²) in [5.41, 5.74) is 2.16. The van der Waals surface area contributed by atoms with Crippen molar-refractivity contribution in [1.82, 2.24) is 0 Å². The number of methoxy groups -OCH3 is 2. The minimum Gasteiger partial charge on any atom is -0.496 e. The van der Waals surface area contributed by atoms with Gasteiger partial charge in [-0.3, -0.25) is 4.79 Å². The van der Waals surface area contributed by atoms with E-state index >= 15 is 0 Å². The van der Waals surface area contributed by atoms with Crippen LogP contribution in [-0.4, -0.2) is 20.1 Å². The molecular weight excluding hydrogens is 262 g/mol. The number of thiophene rings is 1. The van der Waals surface area contributed by atoms with E-state index in [1.54, 1.807) is 26.4 Å². The van der Waals surface area contributed by atoms with Crippen LogP contribution in [0.4, 0.5) is 5.69 Å². The van der Waals surface area contributed by atoms with Gasteiger partial charge in [-0.05, 0) is 30.5 Å². The molecule has 100 valence electrons. The first-order chi connectivity index (χ1) is 9.15. The number of anilines is 1. The molecule has 0 aliphatic carbocycles. The highest BCUT2D eigenvalue weighted by molar-refractivity contribution is 7.08. The lowest BCUT2D eigenvalue weighted by atomic mass is 10.1. The van der Waals surface area contributed by atoms with Gasteiger partial charge in [0, 0.05) is 16.5 Å². The topological polar surface area (TPSA) is 47.6 Å². The lowest BCUT2D eigenvalue weighted by molar-refractivity contribution is 0.102. The molecular formula is C14H15NO3S. The van der Waals surface area contributed by atoms with Crippen molar-refractivity contribution in [3.63, 3.8) is 0 Å². The minimum absolute atomic E-state index is 0.185.